The van der Waals surface area contributed by atoms with Gasteiger partial charge in [0.2, 0.25) is 5.91 Å². The van der Waals surface area contributed by atoms with Crippen LogP contribution in [0.2, 0.25) is 5.02 Å². The van der Waals surface area contributed by atoms with Crippen molar-refractivity contribution in [2.24, 2.45) is 5.73 Å². The lowest BCUT2D eigenvalue weighted by atomic mass is 10.1. The minimum atomic E-state index is -0.591. The SMILES string of the molecule is NC(Cc1ccccc1)C(=O)Nc1ccc(Cl)c(Br)c1. The molecule has 0 bridgehead atoms. The van der Waals surface area contributed by atoms with E-state index in [2.05, 4.69) is 21.2 Å². The lowest BCUT2D eigenvalue weighted by Crippen LogP contribution is -2.37. The molecular weight excluding hydrogens is 340 g/mol. The number of amides is 1. The first-order chi connectivity index (χ1) is 9.56. The van der Waals surface area contributed by atoms with Crippen LogP contribution >= 0.6 is 27.5 Å². The number of rotatable bonds is 4. The molecule has 0 saturated carbocycles. The third-order valence-corrected chi connectivity index (χ3v) is 4.04. The van der Waals surface area contributed by atoms with Crippen LogP contribution < -0.4 is 11.1 Å². The Kier molecular flexibility index (Phi) is 5.17. The van der Waals surface area contributed by atoms with Crippen LogP contribution in [0, 0.1) is 0 Å². The number of nitrogens with one attached hydrogen (secondary N) is 1. The van der Waals surface area contributed by atoms with Gasteiger partial charge in [-0.2, -0.15) is 0 Å². The minimum absolute atomic E-state index is 0.219. The number of benzene rings is 2. The van der Waals surface area contributed by atoms with Crippen molar-refractivity contribution in [3.63, 3.8) is 0 Å². The van der Waals surface area contributed by atoms with Crippen LogP contribution in [-0.2, 0) is 11.2 Å². The van der Waals surface area contributed by atoms with E-state index in [9.17, 15) is 4.79 Å². The minimum Gasteiger partial charge on any atom is -0.325 e. The Hall–Kier alpha value is -1.36. The van der Waals surface area contributed by atoms with E-state index >= 15 is 0 Å². The van der Waals surface area contributed by atoms with E-state index in [-0.39, 0.29) is 5.91 Å². The van der Waals surface area contributed by atoms with E-state index in [4.69, 9.17) is 17.3 Å². The monoisotopic (exact) mass is 352 g/mol. The van der Waals surface area contributed by atoms with Crippen molar-refractivity contribution < 1.29 is 4.79 Å². The van der Waals surface area contributed by atoms with Crippen LogP contribution in [0.15, 0.2) is 53.0 Å². The molecule has 104 valence electrons. The highest BCUT2D eigenvalue weighted by Crippen LogP contribution is 2.25. The molecule has 2 aromatic carbocycles. The maximum atomic E-state index is 12.0. The first kappa shape index (κ1) is 15.0. The molecule has 2 aromatic rings. The zero-order valence-electron chi connectivity index (χ0n) is 10.6. The maximum absolute atomic E-state index is 12.0. The predicted molar refractivity (Wildman–Crippen MR) is 85.9 cm³/mol. The third-order valence-electron chi connectivity index (χ3n) is 2.82. The van der Waals surface area contributed by atoms with Crippen LogP contribution in [-0.4, -0.2) is 11.9 Å². The number of hydrogen-bond donors (Lipinski definition) is 2. The normalized spacial score (nSPS) is 11.9. The van der Waals surface area contributed by atoms with Crippen molar-refractivity contribution >= 4 is 39.1 Å². The summed E-state index contributed by atoms with van der Waals surface area (Å²) in [6.45, 7) is 0. The summed E-state index contributed by atoms with van der Waals surface area (Å²) < 4.78 is 0.730. The van der Waals surface area contributed by atoms with E-state index in [0.29, 0.717) is 17.1 Å². The molecule has 0 aliphatic rings. The number of halogens is 2. The molecule has 3 N–H and O–H groups in total. The lowest BCUT2D eigenvalue weighted by Gasteiger charge is -2.12. The number of anilines is 1. The molecule has 0 radical (unpaired) electrons. The van der Waals surface area contributed by atoms with Gasteiger partial charge in [0, 0.05) is 10.2 Å². The van der Waals surface area contributed by atoms with Gasteiger partial charge in [0.15, 0.2) is 0 Å². The molecule has 20 heavy (non-hydrogen) atoms. The maximum Gasteiger partial charge on any atom is 0.241 e. The van der Waals surface area contributed by atoms with E-state index in [1.165, 1.54) is 0 Å². The zero-order chi connectivity index (χ0) is 14.5. The molecule has 1 amide bonds. The van der Waals surface area contributed by atoms with Gasteiger partial charge >= 0.3 is 0 Å². The van der Waals surface area contributed by atoms with Gasteiger partial charge in [0.25, 0.3) is 0 Å². The van der Waals surface area contributed by atoms with Gasteiger partial charge in [0.1, 0.15) is 0 Å². The molecule has 5 heteroatoms. The molecular formula is C15H14BrClN2O. The van der Waals surface area contributed by atoms with Crippen LogP contribution in [0.25, 0.3) is 0 Å². The Morgan fingerprint density at radius 2 is 1.95 bits per heavy atom. The summed E-state index contributed by atoms with van der Waals surface area (Å²) in [4.78, 5) is 12.0. The van der Waals surface area contributed by atoms with Crippen LogP contribution in [0.1, 0.15) is 5.56 Å². The highest BCUT2D eigenvalue weighted by atomic mass is 79.9. The summed E-state index contributed by atoms with van der Waals surface area (Å²) in [6.07, 6.45) is 0.501. The van der Waals surface area contributed by atoms with E-state index in [0.717, 1.165) is 10.0 Å². The fourth-order valence-electron chi connectivity index (χ4n) is 1.77. The standard InChI is InChI=1S/C15H14BrClN2O/c16-12-9-11(6-7-13(12)17)19-15(20)14(18)8-10-4-2-1-3-5-10/h1-7,9,14H,8,18H2,(H,19,20). The van der Waals surface area contributed by atoms with Gasteiger partial charge in [-0.15, -0.1) is 0 Å². The summed E-state index contributed by atoms with van der Waals surface area (Å²) in [5.74, 6) is -0.219. The Morgan fingerprint density at radius 3 is 2.60 bits per heavy atom. The van der Waals surface area contributed by atoms with Crippen molar-refractivity contribution in [1.29, 1.82) is 0 Å². The van der Waals surface area contributed by atoms with Crippen molar-refractivity contribution in [2.75, 3.05) is 5.32 Å². The third kappa shape index (κ3) is 4.07. The second kappa shape index (κ2) is 6.88. The van der Waals surface area contributed by atoms with Gasteiger partial charge in [0.05, 0.1) is 11.1 Å². The molecule has 0 saturated heterocycles. The molecule has 3 nitrogen and oxygen atoms in total. The van der Waals surface area contributed by atoms with Crippen LogP contribution in [0.3, 0.4) is 0 Å². The highest BCUT2D eigenvalue weighted by Gasteiger charge is 2.14. The van der Waals surface area contributed by atoms with Crippen LogP contribution in [0.5, 0.6) is 0 Å². The lowest BCUT2D eigenvalue weighted by molar-refractivity contribution is -0.117. The smallest absolute Gasteiger partial charge is 0.241 e. The molecule has 1 unspecified atom stereocenters. The second-order valence-corrected chi connectivity index (χ2v) is 5.68. The molecule has 0 fully saturated rings. The highest BCUT2D eigenvalue weighted by molar-refractivity contribution is 9.10. The first-order valence-electron chi connectivity index (χ1n) is 6.11. The van der Waals surface area contributed by atoms with E-state index < -0.39 is 6.04 Å². The fraction of sp³-hybridized carbons (Fsp3) is 0.133. The second-order valence-electron chi connectivity index (χ2n) is 4.41. The summed E-state index contributed by atoms with van der Waals surface area (Å²) in [5, 5.41) is 3.37. The molecule has 1 atom stereocenters. The fourth-order valence-corrected chi connectivity index (χ4v) is 2.27. The first-order valence-corrected chi connectivity index (χ1v) is 7.29. The van der Waals surface area contributed by atoms with Crippen molar-refractivity contribution in [3.8, 4) is 0 Å². The van der Waals surface area contributed by atoms with Crippen molar-refractivity contribution in [2.45, 2.75) is 12.5 Å². The van der Waals surface area contributed by atoms with E-state index in [1.807, 2.05) is 30.3 Å². The number of hydrogen-bond acceptors (Lipinski definition) is 2. The molecule has 0 aromatic heterocycles. The van der Waals surface area contributed by atoms with Gasteiger partial charge in [-0.3, -0.25) is 4.79 Å². The molecule has 2 rings (SSSR count). The number of nitrogens with two attached hydrogens (primary N) is 1. The topological polar surface area (TPSA) is 55.1 Å². The van der Waals surface area contributed by atoms with Gasteiger partial charge in [-0.25, -0.2) is 0 Å². The van der Waals surface area contributed by atoms with Crippen molar-refractivity contribution in [1.82, 2.24) is 0 Å². The average Bonchev–Trinajstić information content (AvgIpc) is 2.44. The summed E-state index contributed by atoms with van der Waals surface area (Å²) in [6, 6.07) is 14.3. The predicted octanol–water partition coefficient (Wildman–Crippen LogP) is 3.61. The van der Waals surface area contributed by atoms with Crippen molar-refractivity contribution in [3.05, 3.63) is 63.6 Å². The molecule has 0 aliphatic carbocycles. The molecule has 0 spiro atoms. The molecule has 0 aliphatic heterocycles. The quantitative estimate of drug-likeness (QED) is 0.882. The summed E-state index contributed by atoms with van der Waals surface area (Å²) in [7, 11) is 0. The van der Waals surface area contributed by atoms with Gasteiger partial charge < -0.3 is 11.1 Å². The van der Waals surface area contributed by atoms with Gasteiger partial charge in [-0.1, -0.05) is 41.9 Å². The Bertz CT molecular complexity index is 604. The molecule has 0 heterocycles. The Morgan fingerprint density at radius 1 is 1.25 bits per heavy atom. The summed E-state index contributed by atoms with van der Waals surface area (Å²) in [5.41, 5.74) is 7.61. The van der Waals surface area contributed by atoms with Gasteiger partial charge in [-0.05, 0) is 46.1 Å². The Balaban J connectivity index is 1.99. The average molecular weight is 354 g/mol. The van der Waals surface area contributed by atoms with E-state index in [1.54, 1.807) is 18.2 Å². The number of carbonyl (C=O) groups is 1. The summed E-state index contributed by atoms with van der Waals surface area (Å²) >= 11 is 9.22. The Labute approximate surface area is 131 Å². The number of carbonyl (C=O) groups excluding carboxylic acids is 1. The zero-order valence-corrected chi connectivity index (χ0v) is 13.0. The van der Waals surface area contributed by atoms with Crippen LogP contribution in [0.4, 0.5) is 5.69 Å². The largest absolute Gasteiger partial charge is 0.325 e.